The molecular weight excluding hydrogens is 248 g/mol. The Hall–Kier alpha value is -1.51. The lowest BCUT2D eigenvalue weighted by Gasteiger charge is -2.41. The van der Waals surface area contributed by atoms with E-state index in [9.17, 15) is 4.79 Å². The fraction of sp³-hybridized carbons (Fsp3) is 0.588. The van der Waals surface area contributed by atoms with E-state index in [-0.39, 0.29) is 5.91 Å². The smallest absolute Gasteiger partial charge is 0.232 e. The van der Waals surface area contributed by atoms with Crippen LogP contribution in [0.25, 0.3) is 0 Å². The van der Waals surface area contributed by atoms with Crippen molar-refractivity contribution < 1.29 is 4.79 Å². The van der Waals surface area contributed by atoms with Crippen LogP contribution in [0.4, 0.5) is 5.69 Å². The second-order valence-electron chi connectivity index (χ2n) is 6.74. The molecule has 1 aliphatic heterocycles. The Morgan fingerprint density at radius 2 is 1.80 bits per heavy atom. The number of hydrogen-bond acceptors (Lipinski definition) is 2. The van der Waals surface area contributed by atoms with Crippen LogP contribution in [0.2, 0.25) is 0 Å². The number of benzene rings is 1. The summed E-state index contributed by atoms with van der Waals surface area (Å²) < 4.78 is 0. The summed E-state index contributed by atoms with van der Waals surface area (Å²) >= 11 is 0. The summed E-state index contributed by atoms with van der Waals surface area (Å²) in [4.78, 5) is 15.0. The van der Waals surface area contributed by atoms with E-state index < -0.39 is 5.41 Å². The lowest BCUT2D eigenvalue weighted by molar-refractivity contribution is -0.140. The molecule has 1 saturated heterocycles. The first-order valence-electron chi connectivity index (χ1n) is 7.49. The number of likely N-dealkylation sites (tertiary alicyclic amines) is 1. The van der Waals surface area contributed by atoms with Gasteiger partial charge in [-0.3, -0.25) is 4.79 Å². The van der Waals surface area contributed by atoms with Gasteiger partial charge in [0.05, 0.1) is 5.41 Å². The fourth-order valence-corrected chi connectivity index (χ4v) is 2.95. The zero-order chi connectivity index (χ0) is 14.9. The largest absolute Gasteiger partial charge is 0.399 e. The molecule has 3 nitrogen and oxygen atoms in total. The molecule has 1 aromatic rings. The van der Waals surface area contributed by atoms with E-state index in [0.717, 1.165) is 24.2 Å². The van der Waals surface area contributed by atoms with Crippen LogP contribution in [-0.4, -0.2) is 23.4 Å². The SMILES string of the molecule is CC1CCC(C)N(C(=O)C(C)(C)c2ccc(N)cc2)C1. The van der Waals surface area contributed by atoms with Gasteiger partial charge in [0.2, 0.25) is 5.91 Å². The second kappa shape index (κ2) is 5.47. The molecule has 0 aromatic heterocycles. The van der Waals surface area contributed by atoms with Crippen molar-refractivity contribution >= 4 is 11.6 Å². The van der Waals surface area contributed by atoms with E-state index in [2.05, 4.69) is 18.7 Å². The van der Waals surface area contributed by atoms with Crippen molar-refractivity contribution in [2.24, 2.45) is 5.92 Å². The first kappa shape index (κ1) is 14.9. The molecule has 0 spiro atoms. The average molecular weight is 274 g/mol. The monoisotopic (exact) mass is 274 g/mol. The van der Waals surface area contributed by atoms with Crippen LogP contribution in [0.3, 0.4) is 0 Å². The molecule has 20 heavy (non-hydrogen) atoms. The van der Waals surface area contributed by atoms with Gasteiger partial charge in [0, 0.05) is 18.3 Å². The maximum absolute atomic E-state index is 13.0. The molecule has 0 bridgehead atoms. The third kappa shape index (κ3) is 2.82. The van der Waals surface area contributed by atoms with Crippen LogP contribution in [0.1, 0.15) is 46.1 Å². The van der Waals surface area contributed by atoms with E-state index >= 15 is 0 Å². The van der Waals surface area contributed by atoms with Gasteiger partial charge in [-0.05, 0) is 57.2 Å². The quantitative estimate of drug-likeness (QED) is 0.842. The fourth-order valence-electron chi connectivity index (χ4n) is 2.95. The molecule has 1 aromatic carbocycles. The van der Waals surface area contributed by atoms with Crippen LogP contribution in [0.5, 0.6) is 0 Å². The number of carbonyl (C=O) groups is 1. The van der Waals surface area contributed by atoms with Gasteiger partial charge in [-0.1, -0.05) is 19.1 Å². The third-order valence-corrected chi connectivity index (χ3v) is 4.55. The third-order valence-electron chi connectivity index (χ3n) is 4.55. The number of piperidine rings is 1. The summed E-state index contributed by atoms with van der Waals surface area (Å²) in [5, 5.41) is 0. The van der Waals surface area contributed by atoms with Crippen molar-refractivity contribution in [3.05, 3.63) is 29.8 Å². The number of hydrogen-bond donors (Lipinski definition) is 1. The van der Waals surface area contributed by atoms with Crippen molar-refractivity contribution in [1.29, 1.82) is 0 Å². The zero-order valence-electron chi connectivity index (χ0n) is 13.0. The van der Waals surface area contributed by atoms with Gasteiger partial charge in [-0.25, -0.2) is 0 Å². The molecule has 1 amide bonds. The highest BCUT2D eigenvalue weighted by Crippen LogP contribution is 2.30. The number of anilines is 1. The molecule has 110 valence electrons. The molecule has 2 rings (SSSR count). The molecule has 1 heterocycles. The molecule has 0 aliphatic carbocycles. The van der Waals surface area contributed by atoms with Gasteiger partial charge < -0.3 is 10.6 Å². The van der Waals surface area contributed by atoms with Gasteiger partial charge in [-0.2, -0.15) is 0 Å². The highest BCUT2D eigenvalue weighted by atomic mass is 16.2. The topological polar surface area (TPSA) is 46.3 Å². The molecule has 2 N–H and O–H groups in total. The molecule has 2 atom stereocenters. The molecule has 0 saturated carbocycles. The summed E-state index contributed by atoms with van der Waals surface area (Å²) in [6, 6.07) is 8.00. The van der Waals surface area contributed by atoms with Crippen molar-refractivity contribution in [3.8, 4) is 0 Å². The Morgan fingerprint density at radius 1 is 1.20 bits per heavy atom. The Labute approximate surface area is 122 Å². The van der Waals surface area contributed by atoms with Crippen LogP contribution in [0.15, 0.2) is 24.3 Å². The van der Waals surface area contributed by atoms with Crippen molar-refractivity contribution in [1.82, 2.24) is 4.90 Å². The first-order valence-corrected chi connectivity index (χ1v) is 7.49. The predicted molar refractivity (Wildman–Crippen MR) is 83.5 cm³/mol. The van der Waals surface area contributed by atoms with Crippen molar-refractivity contribution in [2.45, 2.75) is 52.0 Å². The molecule has 1 aliphatic rings. The molecule has 3 heteroatoms. The Bertz CT molecular complexity index is 478. The lowest BCUT2D eigenvalue weighted by Crippen LogP contribution is -2.51. The summed E-state index contributed by atoms with van der Waals surface area (Å²) in [5.74, 6) is 0.818. The zero-order valence-corrected chi connectivity index (χ0v) is 13.0. The summed E-state index contributed by atoms with van der Waals surface area (Å²) in [6.07, 6.45) is 2.32. The minimum absolute atomic E-state index is 0.223. The van der Waals surface area contributed by atoms with E-state index in [1.165, 1.54) is 6.42 Å². The van der Waals surface area contributed by atoms with Crippen LogP contribution >= 0.6 is 0 Å². The number of rotatable bonds is 2. The van der Waals surface area contributed by atoms with Gasteiger partial charge in [0.1, 0.15) is 0 Å². The summed E-state index contributed by atoms with van der Waals surface area (Å²) in [5.41, 5.74) is 7.00. The number of nitrogens with two attached hydrogens (primary N) is 1. The number of nitrogen functional groups attached to an aromatic ring is 1. The lowest BCUT2D eigenvalue weighted by atomic mass is 9.81. The Balaban J connectivity index is 2.23. The van der Waals surface area contributed by atoms with E-state index in [1.807, 2.05) is 38.1 Å². The average Bonchev–Trinajstić information content (AvgIpc) is 2.41. The number of amides is 1. The molecular formula is C17H26N2O. The second-order valence-corrected chi connectivity index (χ2v) is 6.74. The van der Waals surface area contributed by atoms with Crippen LogP contribution in [0, 0.1) is 5.92 Å². The van der Waals surface area contributed by atoms with Crippen molar-refractivity contribution in [3.63, 3.8) is 0 Å². The standard InChI is InChI=1S/C17H26N2O/c1-12-5-6-13(2)19(11-12)16(20)17(3,4)14-7-9-15(18)10-8-14/h7-10,12-13H,5-6,11,18H2,1-4H3. The van der Waals surface area contributed by atoms with Gasteiger partial charge in [0.15, 0.2) is 0 Å². The van der Waals surface area contributed by atoms with Gasteiger partial charge >= 0.3 is 0 Å². The minimum Gasteiger partial charge on any atom is -0.399 e. The Morgan fingerprint density at radius 3 is 2.40 bits per heavy atom. The maximum atomic E-state index is 13.0. The van der Waals surface area contributed by atoms with Crippen molar-refractivity contribution in [2.75, 3.05) is 12.3 Å². The predicted octanol–water partition coefficient (Wildman–Crippen LogP) is 3.19. The number of nitrogens with zero attached hydrogens (tertiary/aromatic N) is 1. The molecule has 0 radical (unpaired) electrons. The normalized spacial score (nSPS) is 23.7. The Kier molecular flexibility index (Phi) is 4.07. The van der Waals surface area contributed by atoms with E-state index in [4.69, 9.17) is 5.73 Å². The first-order chi connectivity index (χ1) is 9.32. The summed E-state index contributed by atoms with van der Waals surface area (Å²) in [6.45, 7) is 9.27. The minimum atomic E-state index is -0.501. The molecule has 1 fully saturated rings. The van der Waals surface area contributed by atoms with E-state index in [0.29, 0.717) is 12.0 Å². The van der Waals surface area contributed by atoms with Crippen LogP contribution in [-0.2, 0) is 10.2 Å². The highest BCUT2D eigenvalue weighted by molar-refractivity contribution is 5.87. The number of carbonyl (C=O) groups excluding carboxylic acids is 1. The maximum Gasteiger partial charge on any atom is 0.232 e. The summed E-state index contributed by atoms with van der Waals surface area (Å²) in [7, 11) is 0. The highest BCUT2D eigenvalue weighted by Gasteiger charge is 2.37. The van der Waals surface area contributed by atoms with Gasteiger partial charge in [0.25, 0.3) is 0 Å². The van der Waals surface area contributed by atoms with E-state index in [1.54, 1.807) is 0 Å². The van der Waals surface area contributed by atoms with Crippen LogP contribution < -0.4 is 5.73 Å². The van der Waals surface area contributed by atoms with Gasteiger partial charge in [-0.15, -0.1) is 0 Å². The molecule has 2 unspecified atom stereocenters.